The Morgan fingerprint density at radius 2 is 1.71 bits per heavy atom. The standard InChI is InChI=1S/C35H38N10O4/c1-21-16-24(39-35(49)40-27-19-36-29-10-11-38-45(29)31(27)22-4-2-3-5-22)18-37-32(21)43-14-12-42(13-15-43)25-6-7-26-23(17-25)20-44(34(26)48)28-8-9-30(46)41-33(28)47/h6-7,10-11,16-19,22,28H,2-5,8-9,12-15,20H2,1H3,(H2,39,40,49)(H,41,46,47). The summed E-state index contributed by atoms with van der Waals surface area (Å²) in [7, 11) is 0. The van der Waals surface area contributed by atoms with Crippen LogP contribution < -0.4 is 25.8 Å². The minimum Gasteiger partial charge on any atom is -0.368 e. The molecule has 14 heteroatoms. The van der Waals surface area contributed by atoms with Gasteiger partial charge in [0.2, 0.25) is 11.8 Å². The minimum atomic E-state index is -0.624. The number of aromatic nitrogens is 4. The number of pyridine rings is 1. The van der Waals surface area contributed by atoms with Crippen LogP contribution in [-0.4, -0.2) is 80.5 Å². The summed E-state index contributed by atoms with van der Waals surface area (Å²) in [6.07, 6.45) is 10.2. The van der Waals surface area contributed by atoms with Gasteiger partial charge in [0.15, 0.2) is 5.65 Å². The topological polar surface area (TPSA) is 157 Å². The Balaban J connectivity index is 0.890. The van der Waals surface area contributed by atoms with Gasteiger partial charge >= 0.3 is 6.03 Å². The van der Waals surface area contributed by atoms with Crippen LogP contribution in [0.1, 0.15) is 71.6 Å². The van der Waals surface area contributed by atoms with Crippen molar-refractivity contribution in [3.8, 4) is 0 Å². The molecule has 0 bridgehead atoms. The van der Waals surface area contributed by atoms with Crippen molar-refractivity contribution < 1.29 is 19.2 Å². The van der Waals surface area contributed by atoms with Crippen LogP contribution >= 0.6 is 0 Å². The van der Waals surface area contributed by atoms with Crippen molar-refractivity contribution in [2.75, 3.05) is 46.6 Å². The molecule has 3 N–H and O–H groups in total. The lowest BCUT2D eigenvalue weighted by atomic mass is 10.0. The fourth-order valence-electron chi connectivity index (χ4n) is 7.76. The maximum absolute atomic E-state index is 13.1. The van der Waals surface area contributed by atoms with E-state index in [1.54, 1.807) is 23.5 Å². The molecule has 3 fully saturated rings. The molecule has 1 unspecified atom stereocenters. The predicted octanol–water partition coefficient (Wildman–Crippen LogP) is 3.82. The third-order valence-corrected chi connectivity index (χ3v) is 10.2. The molecular formula is C35H38N10O4. The van der Waals surface area contributed by atoms with Crippen molar-refractivity contribution in [2.45, 2.75) is 64.0 Å². The Kier molecular flexibility index (Phi) is 7.85. The molecule has 252 valence electrons. The molecule has 8 rings (SSSR count). The molecule has 5 amide bonds. The van der Waals surface area contributed by atoms with Crippen LogP contribution in [0.2, 0.25) is 0 Å². The number of hydrogen-bond donors (Lipinski definition) is 3. The quantitative estimate of drug-likeness (QED) is 0.261. The SMILES string of the molecule is Cc1cc(NC(=O)Nc2cnc3ccnn3c2C2CCCC2)cnc1N1CCN(c2ccc3c(c2)CN(C2CCC(=O)NC2=O)C3=O)CC1. The molecule has 1 atom stereocenters. The number of urea groups is 1. The molecule has 3 aromatic heterocycles. The number of carbonyl (C=O) groups excluding carboxylic acids is 4. The largest absolute Gasteiger partial charge is 0.368 e. The van der Waals surface area contributed by atoms with Gasteiger partial charge in [-0.1, -0.05) is 12.8 Å². The monoisotopic (exact) mass is 662 g/mol. The van der Waals surface area contributed by atoms with E-state index in [2.05, 4.69) is 35.8 Å². The number of anilines is 4. The lowest BCUT2D eigenvalue weighted by molar-refractivity contribution is -0.136. The molecule has 0 spiro atoms. The molecule has 0 radical (unpaired) electrons. The summed E-state index contributed by atoms with van der Waals surface area (Å²) in [4.78, 5) is 65.6. The van der Waals surface area contributed by atoms with Gasteiger partial charge in [0.1, 0.15) is 11.9 Å². The molecule has 4 aromatic rings. The Morgan fingerprint density at radius 3 is 2.49 bits per heavy atom. The van der Waals surface area contributed by atoms with Crippen LogP contribution in [0, 0.1) is 6.92 Å². The molecule has 6 heterocycles. The number of amides is 5. The summed E-state index contributed by atoms with van der Waals surface area (Å²) >= 11 is 0. The lowest BCUT2D eigenvalue weighted by Gasteiger charge is -2.37. The van der Waals surface area contributed by atoms with Gasteiger partial charge in [-0.2, -0.15) is 5.10 Å². The average molecular weight is 663 g/mol. The molecular weight excluding hydrogens is 624 g/mol. The highest BCUT2D eigenvalue weighted by molar-refractivity contribution is 6.05. The second-order valence-electron chi connectivity index (χ2n) is 13.3. The number of hydrogen-bond acceptors (Lipinski definition) is 9. The van der Waals surface area contributed by atoms with E-state index in [0.29, 0.717) is 35.8 Å². The van der Waals surface area contributed by atoms with Gasteiger partial charge in [-0.15, -0.1) is 0 Å². The van der Waals surface area contributed by atoms with Gasteiger partial charge in [0, 0.05) is 62.4 Å². The Bertz CT molecular complexity index is 1980. The second-order valence-corrected chi connectivity index (χ2v) is 13.3. The predicted molar refractivity (Wildman–Crippen MR) is 183 cm³/mol. The fraction of sp³-hybridized carbons (Fsp3) is 0.400. The van der Waals surface area contributed by atoms with Crippen LogP contribution in [0.25, 0.3) is 5.65 Å². The van der Waals surface area contributed by atoms with E-state index in [-0.39, 0.29) is 24.3 Å². The maximum Gasteiger partial charge on any atom is 0.323 e. The van der Waals surface area contributed by atoms with Gasteiger partial charge in [0.05, 0.1) is 35.7 Å². The number of benzene rings is 1. The number of nitrogens with one attached hydrogen (secondary N) is 3. The van der Waals surface area contributed by atoms with Gasteiger partial charge in [-0.05, 0) is 61.6 Å². The highest BCUT2D eigenvalue weighted by atomic mass is 16.2. The van der Waals surface area contributed by atoms with Gasteiger partial charge in [-0.25, -0.2) is 19.3 Å². The van der Waals surface area contributed by atoms with Gasteiger partial charge in [-0.3, -0.25) is 19.7 Å². The van der Waals surface area contributed by atoms with Crippen molar-refractivity contribution >= 4 is 52.3 Å². The van der Waals surface area contributed by atoms with Gasteiger partial charge in [0.25, 0.3) is 5.91 Å². The number of nitrogens with zero attached hydrogens (tertiary/aromatic N) is 7. The molecule has 3 aliphatic heterocycles. The van der Waals surface area contributed by atoms with Crippen molar-refractivity contribution in [2.24, 2.45) is 0 Å². The van der Waals surface area contributed by atoms with Crippen LogP contribution in [-0.2, 0) is 16.1 Å². The summed E-state index contributed by atoms with van der Waals surface area (Å²) in [6, 6.07) is 8.69. The van der Waals surface area contributed by atoms with E-state index in [4.69, 9.17) is 4.98 Å². The minimum absolute atomic E-state index is 0.167. The summed E-state index contributed by atoms with van der Waals surface area (Å²) < 4.78 is 1.84. The highest BCUT2D eigenvalue weighted by Crippen LogP contribution is 2.38. The summed E-state index contributed by atoms with van der Waals surface area (Å²) in [5.74, 6) is 0.338. The molecule has 1 aromatic carbocycles. The molecule has 14 nitrogen and oxygen atoms in total. The average Bonchev–Trinajstić information content (AvgIpc) is 3.86. The number of carbonyl (C=O) groups is 4. The first-order valence-electron chi connectivity index (χ1n) is 17.0. The zero-order valence-corrected chi connectivity index (χ0v) is 27.3. The van der Waals surface area contributed by atoms with Gasteiger partial charge < -0.3 is 25.3 Å². The zero-order chi connectivity index (χ0) is 33.6. The first-order valence-corrected chi connectivity index (χ1v) is 17.0. The van der Waals surface area contributed by atoms with E-state index < -0.39 is 11.9 Å². The van der Waals surface area contributed by atoms with E-state index in [9.17, 15) is 19.2 Å². The number of fused-ring (bicyclic) bond motifs is 2. The molecule has 1 aliphatic carbocycles. The number of rotatable bonds is 6. The number of imide groups is 1. The van der Waals surface area contributed by atoms with Crippen molar-refractivity contribution in [1.82, 2.24) is 29.8 Å². The van der Waals surface area contributed by atoms with Crippen LogP contribution in [0.3, 0.4) is 0 Å². The van der Waals surface area contributed by atoms with Crippen molar-refractivity contribution in [1.29, 1.82) is 0 Å². The van der Waals surface area contributed by atoms with Crippen molar-refractivity contribution in [3.05, 3.63) is 71.3 Å². The van der Waals surface area contributed by atoms with E-state index in [0.717, 1.165) is 85.8 Å². The molecule has 2 saturated heterocycles. The lowest BCUT2D eigenvalue weighted by Crippen LogP contribution is -2.52. The zero-order valence-electron chi connectivity index (χ0n) is 27.3. The Hall–Kier alpha value is -5.53. The summed E-state index contributed by atoms with van der Waals surface area (Å²) in [5.41, 5.74) is 6.53. The van der Waals surface area contributed by atoms with Crippen LogP contribution in [0.5, 0.6) is 0 Å². The van der Waals surface area contributed by atoms with Crippen LogP contribution in [0.15, 0.2) is 48.9 Å². The van der Waals surface area contributed by atoms with Crippen LogP contribution in [0.4, 0.5) is 27.7 Å². The molecule has 4 aliphatic rings. The fourth-order valence-corrected chi connectivity index (χ4v) is 7.76. The normalized spacial score (nSPS) is 19.8. The first kappa shape index (κ1) is 30.8. The Labute approximate surface area is 282 Å². The summed E-state index contributed by atoms with van der Waals surface area (Å²) in [5, 5.41) is 12.8. The Morgan fingerprint density at radius 1 is 0.918 bits per heavy atom. The smallest absolute Gasteiger partial charge is 0.323 e. The number of piperidine rings is 1. The highest BCUT2D eigenvalue weighted by Gasteiger charge is 2.39. The molecule has 49 heavy (non-hydrogen) atoms. The summed E-state index contributed by atoms with van der Waals surface area (Å²) in [6.45, 7) is 5.40. The molecule has 1 saturated carbocycles. The third kappa shape index (κ3) is 5.80. The van der Waals surface area contributed by atoms with E-state index in [1.807, 2.05) is 41.8 Å². The third-order valence-electron chi connectivity index (χ3n) is 10.2. The maximum atomic E-state index is 13.1. The first-order chi connectivity index (χ1) is 23.8. The second kappa shape index (κ2) is 12.5. The number of piperazine rings is 1. The number of aryl methyl sites for hydroxylation is 1. The van der Waals surface area contributed by atoms with Crippen molar-refractivity contribution in [3.63, 3.8) is 0 Å². The van der Waals surface area contributed by atoms with E-state index in [1.165, 1.54) is 0 Å². The van der Waals surface area contributed by atoms with E-state index >= 15 is 0 Å².